The number of carbonyl (C=O) groups is 1. The van der Waals surface area contributed by atoms with E-state index in [1.54, 1.807) is 0 Å². The summed E-state index contributed by atoms with van der Waals surface area (Å²) in [6.45, 7) is -0.0225. The molecule has 0 aromatic heterocycles. The van der Waals surface area contributed by atoms with Crippen LogP contribution in [0.5, 0.6) is 0 Å². The van der Waals surface area contributed by atoms with E-state index in [1.165, 1.54) is 16.4 Å². The molecule has 1 aromatic rings. The van der Waals surface area contributed by atoms with Crippen LogP contribution in [0.4, 0.5) is 5.69 Å². The first-order valence-electron chi connectivity index (χ1n) is 6.63. The molecule has 0 aliphatic carbocycles. The molecule has 1 aliphatic rings. The molecule has 1 fully saturated rings. The van der Waals surface area contributed by atoms with Crippen molar-refractivity contribution in [3.05, 3.63) is 23.8 Å². The molecule has 8 heteroatoms. The van der Waals surface area contributed by atoms with Crippen molar-refractivity contribution < 1.29 is 23.4 Å². The Morgan fingerprint density at radius 3 is 2.71 bits per heavy atom. The van der Waals surface area contributed by atoms with Crippen molar-refractivity contribution in [3.8, 4) is 0 Å². The van der Waals surface area contributed by atoms with Gasteiger partial charge in [0.15, 0.2) is 0 Å². The molecule has 1 aromatic carbocycles. The SMILES string of the molecule is Nc1ccc(C(=O)O)c(S(=O)(=O)N2CCCCC2CO)c1. The fourth-order valence-corrected chi connectivity index (χ4v) is 4.43. The topological polar surface area (TPSA) is 121 Å². The van der Waals surface area contributed by atoms with Crippen molar-refractivity contribution in [1.29, 1.82) is 0 Å². The summed E-state index contributed by atoms with van der Waals surface area (Å²) in [5, 5.41) is 18.5. The summed E-state index contributed by atoms with van der Waals surface area (Å²) in [5.41, 5.74) is 5.46. The number of benzene rings is 1. The van der Waals surface area contributed by atoms with E-state index in [2.05, 4.69) is 0 Å². The minimum absolute atomic E-state index is 0.177. The number of nitrogens with two attached hydrogens (primary N) is 1. The van der Waals surface area contributed by atoms with Gasteiger partial charge in [-0.05, 0) is 31.0 Å². The van der Waals surface area contributed by atoms with Gasteiger partial charge in [-0.15, -0.1) is 0 Å². The van der Waals surface area contributed by atoms with Gasteiger partial charge < -0.3 is 15.9 Å². The summed E-state index contributed by atoms with van der Waals surface area (Å²) >= 11 is 0. The van der Waals surface area contributed by atoms with E-state index in [9.17, 15) is 18.3 Å². The first kappa shape index (κ1) is 15.7. The molecule has 0 amide bonds. The number of carboxylic acids is 1. The second-order valence-electron chi connectivity index (χ2n) is 5.01. The molecule has 21 heavy (non-hydrogen) atoms. The van der Waals surface area contributed by atoms with Crippen LogP contribution in [0.2, 0.25) is 0 Å². The molecule has 4 N–H and O–H groups in total. The van der Waals surface area contributed by atoms with Crippen molar-refractivity contribution in [2.45, 2.75) is 30.2 Å². The zero-order valence-electron chi connectivity index (χ0n) is 11.4. The maximum atomic E-state index is 12.7. The van der Waals surface area contributed by atoms with Gasteiger partial charge in [0.05, 0.1) is 17.1 Å². The van der Waals surface area contributed by atoms with Crippen LogP contribution >= 0.6 is 0 Å². The molecule has 1 atom stereocenters. The van der Waals surface area contributed by atoms with Gasteiger partial charge in [-0.25, -0.2) is 13.2 Å². The number of sulfonamides is 1. The first-order valence-corrected chi connectivity index (χ1v) is 8.07. The molecule has 0 spiro atoms. The summed E-state index contributed by atoms with van der Waals surface area (Å²) in [5.74, 6) is -1.33. The van der Waals surface area contributed by atoms with Crippen LogP contribution in [0.3, 0.4) is 0 Å². The highest BCUT2D eigenvalue weighted by Gasteiger charge is 2.35. The van der Waals surface area contributed by atoms with Crippen molar-refractivity contribution in [3.63, 3.8) is 0 Å². The van der Waals surface area contributed by atoms with Gasteiger partial charge >= 0.3 is 5.97 Å². The fourth-order valence-electron chi connectivity index (χ4n) is 2.53. The Bertz CT molecular complexity index is 644. The van der Waals surface area contributed by atoms with Gasteiger partial charge in [-0.1, -0.05) is 6.42 Å². The minimum atomic E-state index is -4.01. The number of carboxylic acid groups (broad SMARTS) is 1. The highest BCUT2D eigenvalue weighted by atomic mass is 32.2. The number of nitrogen functional groups attached to an aromatic ring is 1. The number of piperidine rings is 1. The lowest BCUT2D eigenvalue weighted by Gasteiger charge is -2.33. The molecule has 1 saturated heterocycles. The molecule has 2 rings (SSSR count). The van der Waals surface area contributed by atoms with Crippen molar-refractivity contribution in [2.75, 3.05) is 18.9 Å². The Morgan fingerprint density at radius 2 is 2.10 bits per heavy atom. The monoisotopic (exact) mass is 314 g/mol. The molecular formula is C13H18N2O5S. The molecule has 1 aliphatic heterocycles. The summed E-state index contributed by atoms with van der Waals surface area (Å²) < 4.78 is 26.6. The van der Waals surface area contributed by atoms with Gasteiger partial charge in [-0.2, -0.15) is 4.31 Å². The van der Waals surface area contributed by atoms with Crippen LogP contribution in [-0.4, -0.2) is 48.1 Å². The molecule has 116 valence electrons. The molecule has 0 bridgehead atoms. The molecular weight excluding hydrogens is 296 g/mol. The second-order valence-corrected chi connectivity index (χ2v) is 6.87. The van der Waals surface area contributed by atoms with Crippen molar-refractivity contribution in [2.24, 2.45) is 0 Å². The Morgan fingerprint density at radius 1 is 1.38 bits per heavy atom. The number of nitrogens with zero attached hydrogens (tertiary/aromatic N) is 1. The zero-order valence-corrected chi connectivity index (χ0v) is 12.2. The Kier molecular flexibility index (Phi) is 4.50. The van der Waals surface area contributed by atoms with Gasteiger partial charge in [0.2, 0.25) is 10.0 Å². The molecule has 0 saturated carbocycles. The second kappa shape index (κ2) is 6.00. The van der Waals surface area contributed by atoms with E-state index in [0.29, 0.717) is 12.8 Å². The lowest BCUT2D eigenvalue weighted by molar-refractivity contribution is 0.0692. The van der Waals surface area contributed by atoms with Crippen LogP contribution in [-0.2, 0) is 10.0 Å². The van der Waals surface area contributed by atoms with E-state index in [-0.39, 0.29) is 29.3 Å². The Balaban J connectivity index is 2.53. The lowest BCUT2D eigenvalue weighted by Crippen LogP contribution is -2.45. The number of hydrogen-bond donors (Lipinski definition) is 3. The van der Waals surface area contributed by atoms with Crippen LogP contribution in [0, 0.1) is 0 Å². The standard InChI is InChI=1S/C13H18N2O5S/c14-9-4-5-11(13(17)18)12(7-9)21(19,20)15-6-2-1-3-10(15)8-16/h4-5,7,10,16H,1-3,6,8,14H2,(H,17,18). The summed E-state index contributed by atoms with van der Waals surface area (Å²) in [7, 11) is -4.01. The third kappa shape index (κ3) is 3.02. The number of hydrogen-bond acceptors (Lipinski definition) is 5. The van der Waals surface area contributed by atoms with E-state index in [4.69, 9.17) is 10.8 Å². The Labute approximate surface area is 123 Å². The normalized spacial score (nSPS) is 20.3. The largest absolute Gasteiger partial charge is 0.478 e. The number of aromatic carboxylic acids is 1. The van der Waals surface area contributed by atoms with Gasteiger partial charge in [0, 0.05) is 18.3 Å². The predicted molar refractivity (Wildman–Crippen MR) is 76.4 cm³/mol. The first-order chi connectivity index (χ1) is 9.87. The van der Waals surface area contributed by atoms with Crippen LogP contribution < -0.4 is 5.73 Å². The smallest absolute Gasteiger partial charge is 0.337 e. The maximum Gasteiger partial charge on any atom is 0.337 e. The number of rotatable bonds is 4. The lowest BCUT2D eigenvalue weighted by atomic mass is 10.1. The van der Waals surface area contributed by atoms with E-state index in [0.717, 1.165) is 12.5 Å². The molecule has 1 unspecified atom stereocenters. The summed E-state index contributed by atoms with van der Waals surface area (Å²) in [6, 6.07) is 3.17. The van der Waals surface area contributed by atoms with Crippen molar-refractivity contribution in [1.82, 2.24) is 4.31 Å². The quantitative estimate of drug-likeness (QED) is 0.696. The van der Waals surface area contributed by atoms with E-state index >= 15 is 0 Å². The minimum Gasteiger partial charge on any atom is -0.478 e. The molecule has 0 radical (unpaired) electrons. The number of aliphatic hydroxyl groups is 1. The third-order valence-corrected chi connectivity index (χ3v) is 5.60. The summed E-state index contributed by atoms with van der Waals surface area (Å²) in [4.78, 5) is 10.9. The zero-order chi connectivity index (χ0) is 15.6. The third-order valence-electron chi connectivity index (χ3n) is 3.61. The van der Waals surface area contributed by atoms with Crippen LogP contribution in [0.25, 0.3) is 0 Å². The van der Waals surface area contributed by atoms with Gasteiger partial charge in [0.25, 0.3) is 0 Å². The van der Waals surface area contributed by atoms with Crippen LogP contribution in [0.1, 0.15) is 29.6 Å². The average molecular weight is 314 g/mol. The highest BCUT2D eigenvalue weighted by Crippen LogP contribution is 2.28. The predicted octanol–water partition coefficient (Wildman–Crippen LogP) is 0.502. The number of aliphatic hydroxyl groups excluding tert-OH is 1. The van der Waals surface area contributed by atoms with Gasteiger partial charge in [0.1, 0.15) is 0 Å². The number of anilines is 1. The van der Waals surface area contributed by atoms with E-state index < -0.39 is 22.0 Å². The highest BCUT2D eigenvalue weighted by molar-refractivity contribution is 7.89. The summed E-state index contributed by atoms with van der Waals surface area (Å²) in [6.07, 6.45) is 2.07. The molecule has 7 nitrogen and oxygen atoms in total. The average Bonchev–Trinajstić information content (AvgIpc) is 2.46. The van der Waals surface area contributed by atoms with Gasteiger partial charge in [-0.3, -0.25) is 0 Å². The fraction of sp³-hybridized carbons (Fsp3) is 0.462. The maximum absolute atomic E-state index is 12.7. The molecule has 1 heterocycles. The van der Waals surface area contributed by atoms with E-state index in [1.807, 2.05) is 0 Å². The van der Waals surface area contributed by atoms with Crippen LogP contribution in [0.15, 0.2) is 23.1 Å². The Hall–Kier alpha value is -1.64. The van der Waals surface area contributed by atoms with Crippen molar-refractivity contribution >= 4 is 21.7 Å².